The zero-order valence-electron chi connectivity index (χ0n) is 18.6. The van der Waals surface area contributed by atoms with E-state index >= 15 is 0 Å². The molecule has 0 radical (unpaired) electrons. The molecule has 2 aliphatic rings. The van der Waals surface area contributed by atoms with Gasteiger partial charge in [0.25, 0.3) is 11.1 Å². The molecule has 0 spiro atoms. The van der Waals surface area contributed by atoms with Crippen molar-refractivity contribution in [2.45, 2.75) is 6.92 Å². The molecule has 1 N–H and O–H groups in total. The molecule has 2 aromatic carbocycles. The van der Waals surface area contributed by atoms with E-state index in [1.807, 2.05) is 6.07 Å². The lowest BCUT2D eigenvalue weighted by atomic mass is 10.2. The van der Waals surface area contributed by atoms with E-state index in [1.165, 1.54) is 21.1 Å². The number of aryl methyl sites for hydroxylation is 1. The summed E-state index contributed by atoms with van der Waals surface area (Å²) in [5, 5.41) is -0.213. The van der Waals surface area contributed by atoms with E-state index in [2.05, 4.69) is 36.1 Å². The summed E-state index contributed by atoms with van der Waals surface area (Å²) >= 11 is 0.990. The molecule has 0 aromatic heterocycles. The normalized spacial score (nSPS) is 18.5. The van der Waals surface area contributed by atoms with Gasteiger partial charge in [0.2, 0.25) is 0 Å². The van der Waals surface area contributed by atoms with Crippen molar-refractivity contribution in [3.8, 4) is 11.5 Å². The highest BCUT2D eigenvalue weighted by atomic mass is 32.2. The predicted molar refractivity (Wildman–Crippen MR) is 126 cm³/mol. The Morgan fingerprint density at radius 2 is 1.78 bits per heavy atom. The summed E-state index contributed by atoms with van der Waals surface area (Å²) in [6.45, 7) is 6.05. The zero-order valence-corrected chi connectivity index (χ0v) is 19.4. The second-order valence-electron chi connectivity index (χ2n) is 7.96. The molecule has 2 aliphatic heterocycles. The van der Waals surface area contributed by atoms with Gasteiger partial charge in [0.05, 0.1) is 45.3 Å². The van der Waals surface area contributed by atoms with Gasteiger partial charge in [-0.3, -0.25) is 9.59 Å². The second-order valence-corrected chi connectivity index (χ2v) is 8.95. The third-order valence-corrected chi connectivity index (χ3v) is 6.71. The molecule has 168 valence electrons. The van der Waals surface area contributed by atoms with Crippen LogP contribution in [0.4, 0.5) is 10.5 Å². The summed E-state index contributed by atoms with van der Waals surface area (Å²) in [4.78, 5) is 30.9. The molecule has 2 heterocycles. The maximum absolute atomic E-state index is 12.9. The monoisotopic (exact) mass is 454 g/mol. The Hall–Kier alpha value is -2.97. The van der Waals surface area contributed by atoms with Crippen LogP contribution >= 0.6 is 11.8 Å². The van der Waals surface area contributed by atoms with Crippen molar-refractivity contribution in [3.05, 3.63) is 58.5 Å². The van der Waals surface area contributed by atoms with E-state index < -0.39 is 0 Å². The number of rotatable bonds is 6. The molecule has 0 unspecified atom stereocenters. The Bertz CT molecular complexity index is 1050. The second kappa shape index (κ2) is 9.67. The lowest BCUT2D eigenvalue weighted by Gasteiger charge is -2.34. The summed E-state index contributed by atoms with van der Waals surface area (Å²) in [5.41, 5.74) is 3.26. The third kappa shape index (κ3) is 4.76. The summed E-state index contributed by atoms with van der Waals surface area (Å²) in [7, 11) is 3.14. The van der Waals surface area contributed by atoms with Gasteiger partial charge in [0.1, 0.15) is 0 Å². The number of hydrogen-bond acceptors (Lipinski definition) is 6. The van der Waals surface area contributed by atoms with Gasteiger partial charge >= 0.3 is 0 Å². The molecule has 8 heteroatoms. The molecule has 2 fully saturated rings. The minimum Gasteiger partial charge on any atom is -0.493 e. The first-order valence-corrected chi connectivity index (χ1v) is 11.4. The van der Waals surface area contributed by atoms with E-state index in [0.717, 1.165) is 43.5 Å². The highest BCUT2D eigenvalue weighted by Gasteiger charge is 2.38. The van der Waals surface area contributed by atoms with Gasteiger partial charge < -0.3 is 19.3 Å². The molecule has 2 amide bonds. The largest absolute Gasteiger partial charge is 0.493 e. The number of benzene rings is 2. The summed E-state index contributed by atoms with van der Waals surface area (Å²) < 4.78 is 10.6. The van der Waals surface area contributed by atoms with Crippen LogP contribution in [0.2, 0.25) is 0 Å². The molecule has 2 aromatic rings. The average Bonchev–Trinajstić information content (AvgIpc) is 3.06. The molecule has 0 saturated carbocycles. The number of nitrogens with one attached hydrogen (secondary N) is 1. The van der Waals surface area contributed by atoms with E-state index in [-0.39, 0.29) is 11.1 Å². The Kier molecular flexibility index (Phi) is 6.72. The number of methoxy groups -OCH3 is 2. The van der Waals surface area contributed by atoms with Crippen LogP contribution in [0.1, 0.15) is 11.1 Å². The molecule has 0 bridgehead atoms. The minimum absolute atomic E-state index is 0.213. The number of carbonyl (C=O) groups is 2. The van der Waals surface area contributed by atoms with Crippen molar-refractivity contribution in [2.75, 3.05) is 52.0 Å². The van der Waals surface area contributed by atoms with Crippen LogP contribution in [0.25, 0.3) is 6.08 Å². The number of nitrogens with zero attached hydrogens (tertiary/aromatic N) is 2. The van der Waals surface area contributed by atoms with Gasteiger partial charge in [0.15, 0.2) is 18.2 Å². The van der Waals surface area contributed by atoms with Gasteiger partial charge in [-0.15, -0.1) is 0 Å². The number of quaternary nitrogens is 1. The maximum atomic E-state index is 12.9. The summed E-state index contributed by atoms with van der Waals surface area (Å²) in [5.74, 6) is 0.964. The SMILES string of the molecule is COc1ccc(/C=C2/SC(=O)N(C[NH+]3CCN(c4cccc(C)c4)CC3)C2=O)cc1OC. The Morgan fingerprint density at radius 3 is 2.47 bits per heavy atom. The minimum atomic E-state index is -0.233. The highest BCUT2D eigenvalue weighted by molar-refractivity contribution is 8.18. The van der Waals surface area contributed by atoms with Gasteiger partial charge in [-0.2, -0.15) is 0 Å². The summed E-state index contributed by atoms with van der Waals surface area (Å²) in [6.07, 6.45) is 1.73. The Morgan fingerprint density at radius 1 is 1.03 bits per heavy atom. The molecule has 32 heavy (non-hydrogen) atoms. The highest BCUT2D eigenvalue weighted by Crippen LogP contribution is 2.34. The first-order chi connectivity index (χ1) is 15.5. The van der Waals surface area contributed by atoms with Gasteiger partial charge in [-0.25, -0.2) is 4.90 Å². The first-order valence-electron chi connectivity index (χ1n) is 10.6. The number of ether oxygens (including phenoxy) is 2. The number of piperazine rings is 1. The standard InChI is InChI=1S/C24H27N3O4S/c1-17-5-4-6-19(13-17)26-11-9-25(10-12-26)16-27-23(28)22(32-24(27)29)15-18-7-8-20(30-2)21(14-18)31-3/h4-8,13-15H,9-12,16H2,1-3H3/p+1/b22-15+. The van der Waals surface area contributed by atoms with Crippen LogP contribution in [-0.2, 0) is 4.79 Å². The molecular weight excluding hydrogens is 426 g/mol. The molecule has 4 rings (SSSR count). The van der Waals surface area contributed by atoms with Crippen molar-refractivity contribution in [1.82, 2.24) is 4.90 Å². The lowest BCUT2D eigenvalue weighted by Crippen LogP contribution is -3.16. The number of thioether (sulfide) groups is 1. The van der Waals surface area contributed by atoms with Crippen LogP contribution in [0.5, 0.6) is 11.5 Å². The summed E-state index contributed by atoms with van der Waals surface area (Å²) in [6, 6.07) is 13.9. The Balaban J connectivity index is 1.39. The van der Waals surface area contributed by atoms with E-state index in [9.17, 15) is 9.59 Å². The van der Waals surface area contributed by atoms with Gasteiger partial charge in [0, 0.05) is 5.69 Å². The quantitative estimate of drug-likeness (QED) is 0.677. The van der Waals surface area contributed by atoms with Crippen molar-refractivity contribution < 1.29 is 24.0 Å². The van der Waals surface area contributed by atoms with Crippen LogP contribution < -0.4 is 19.3 Å². The maximum Gasteiger partial charge on any atom is 0.298 e. The fraction of sp³-hybridized carbons (Fsp3) is 0.333. The number of hydrogen-bond donors (Lipinski definition) is 1. The molecule has 0 atom stereocenters. The van der Waals surface area contributed by atoms with Crippen molar-refractivity contribution in [1.29, 1.82) is 0 Å². The number of anilines is 1. The van der Waals surface area contributed by atoms with Crippen LogP contribution in [0.15, 0.2) is 47.4 Å². The Labute approximate surface area is 192 Å². The van der Waals surface area contributed by atoms with Crippen LogP contribution in [-0.4, -0.2) is 63.1 Å². The number of carbonyl (C=O) groups excluding carboxylic acids is 2. The fourth-order valence-corrected chi connectivity index (χ4v) is 4.86. The zero-order chi connectivity index (χ0) is 22.7. The van der Waals surface area contributed by atoms with Crippen molar-refractivity contribution in [2.24, 2.45) is 0 Å². The van der Waals surface area contributed by atoms with Crippen molar-refractivity contribution >= 4 is 34.7 Å². The van der Waals surface area contributed by atoms with Crippen LogP contribution in [0.3, 0.4) is 0 Å². The third-order valence-electron chi connectivity index (χ3n) is 5.80. The lowest BCUT2D eigenvalue weighted by molar-refractivity contribution is -0.907. The first kappa shape index (κ1) is 22.2. The predicted octanol–water partition coefficient (Wildman–Crippen LogP) is 2.41. The smallest absolute Gasteiger partial charge is 0.298 e. The van der Waals surface area contributed by atoms with E-state index in [4.69, 9.17) is 9.47 Å². The number of amides is 2. The van der Waals surface area contributed by atoms with Crippen LogP contribution in [0, 0.1) is 6.92 Å². The molecular formula is C24H28N3O4S+. The van der Waals surface area contributed by atoms with E-state index in [0.29, 0.717) is 23.1 Å². The van der Waals surface area contributed by atoms with Gasteiger partial charge in [-0.05, 0) is 60.2 Å². The van der Waals surface area contributed by atoms with E-state index in [1.54, 1.807) is 32.4 Å². The number of imide groups is 1. The fourth-order valence-electron chi connectivity index (χ4n) is 4.02. The average molecular weight is 455 g/mol. The van der Waals surface area contributed by atoms with Crippen molar-refractivity contribution in [3.63, 3.8) is 0 Å². The topological polar surface area (TPSA) is 63.5 Å². The molecule has 2 saturated heterocycles. The molecule has 0 aliphatic carbocycles. The molecule has 7 nitrogen and oxygen atoms in total. The van der Waals surface area contributed by atoms with Gasteiger partial charge in [-0.1, -0.05) is 18.2 Å².